The smallest absolute Gasteiger partial charge is 0.336 e. The van der Waals surface area contributed by atoms with Gasteiger partial charge < -0.3 is 15.7 Å². The fourth-order valence-electron chi connectivity index (χ4n) is 2.34. The zero-order valence-corrected chi connectivity index (χ0v) is 12.6. The predicted octanol–water partition coefficient (Wildman–Crippen LogP) is 2.62. The van der Waals surface area contributed by atoms with Gasteiger partial charge in [0.1, 0.15) is 0 Å². The monoisotopic (exact) mass is 340 g/mol. The molecule has 20 heavy (non-hydrogen) atoms. The van der Waals surface area contributed by atoms with E-state index in [0.29, 0.717) is 16.2 Å². The number of nitrogens with one attached hydrogen (secondary N) is 2. The van der Waals surface area contributed by atoms with Crippen LogP contribution in [0, 0.1) is 0 Å². The van der Waals surface area contributed by atoms with E-state index in [9.17, 15) is 9.59 Å². The van der Waals surface area contributed by atoms with Crippen molar-refractivity contribution in [2.24, 2.45) is 0 Å². The third-order valence-electron chi connectivity index (χ3n) is 3.39. The molecule has 0 saturated heterocycles. The van der Waals surface area contributed by atoms with Crippen LogP contribution in [-0.2, 0) is 4.79 Å². The van der Waals surface area contributed by atoms with Crippen molar-refractivity contribution in [3.63, 3.8) is 0 Å². The lowest BCUT2D eigenvalue weighted by Gasteiger charge is -2.12. The van der Waals surface area contributed by atoms with Gasteiger partial charge in [-0.05, 0) is 47.0 Å². The van der Waals surface area contributed by atoms with Crippen molar-refractivity contribution in [3.05, 3.63) is 28.2 Å². The number of hydrogen-bond donors (Lipinski definition) is 3. The van der Waals surface area contributed by atoms with Crippen molar-refractivity contribution in [1.29, 1.82) is 0 Å². The van der Waals surface area contributed by atoms with Crippen LogP contribution in [0.4, 0.5) is 5.69 Å². The molecule has 2 rings (SSSR count). The van der Waals surface area contributed by atoms with Crippen LogP contribution < -0.4 is 10.6 Å². The average molecular weight is 341 g/mol. The third-order valence-corrected chi connectivity index (χ3v) is 4.08. The number of carboxylic acids is 1. The van der Waals surface area contributed by atoms with E-state index in [0.717, 1.165) is 12.8 Å². The van der Waals surface area contributed by atoms with E-state index in [-0.39, 0.29) is 18.0 Å². The fourth-order valence-corrected chi connectivity index (χ4v) is 2.76. The van der Waals surface area contributed by atoms with Gasteiger partial charge in [-0.25, -0.2) is 4.79 Å². The molecule has 6 heteroatoms. The molecular formula is C14H17BrN2O3. The SMILES string of the molecule is O=C(CNC1CCCC1)Nc1ccc(Br)c(C(=O)O)c1. The van der Waals surface area contributed by atoms with E-state index in [4.69, 9.17) is 5.11 Å². The minimum atomic E-state index is -1.03. The lowest BCUT2D eigenvalue weighted by molar-refractivity contribution is -0.115. The van der Waals surface area contributed by atoms with Gasteiger partial charge in [0.05, 0.1) is 12.1 Å². The van der Waals surface area contributed by atoms with Crippen molar-refractivity contribution < 1.29 is 14.7 Å². The molecule has 1 fully saturated rings. The molecule has 0 aliphatic heterocycles. The Hall–Kier alpha value is -1.40. The molecule has 3 N–H and O–H groups in total. The first-order chi connectivity index (χ1) is 9.56. The van der Waals surface area contributed by atoms with Gasteiger partial charge in [0.15, 0.2) is 0 Å². The zero-order valence-electron chi connectivity index (χ0n) is 11.0. The summed E-state index contributed by atoms with van der Waals surface area (Å²) in [6.07, 6.45) is 4.67. The molecule has 1 aromatic rings. The Labute approximate surface area is 125 Å². The molecule has 108 valence electrons. The minimum absolute atomic E-state index is 0.131. The lowest BCUT2D eigenvalue weighted by Crippen LogP contribution is -2.34. The number of carbonyl (C=O) groups excluding carboxylic acids is 1. The second-order valence-corrected chi connectivity index (χ2v) is 5.76. The summed E-state index contributed by atoms with van der Waals surface area (Å²) < 4.78 is 0.493. The van der Waals surface area contributed by atoms with Gasteiger partial charge in [0.25, 0.3) is 0 Å². The summed E-state index contributed by atoms with van der Waals surface area (Å²) in [6, 6.07) is 5.16. The number of halogens is 1. The zero-order chi connectivity index (χ0) is 14.5. The summed E-state index contributed by atoms with van der Waals surface area (Å²) in [6.45, 7) is 0.253. The van der Waals surface area contributed by atoms with Crippen LogP contribution in [0.1, 0.15) is 36.0 Å². The quantitative estimate of drug-likeness (QED) is 0.769. The third kappa shape index (κ3) is 4.05. The normalized spacial score (nSPS) is 15.2. The number of carboxylic acid groups (broad SMARTS) is 1. The molecule has 0 unspecified atom stereocenters. The number of amides is 1. The maximum Gasteiger partial charge on any atom is 0.336 e. The van der Waals surface area contributed by atoms with Crippen LogP contribution in [0.5, 0.6) is 0 Å². The van der Waals surface area contributed by atoms with E-state index in [1.807, 2.05) is 0 Å². The summed E-state index contributed by atoms with van der Waals surface area (Å²) in [5.41, 5.74) is 0.621. The maximum atomic E-state index is 11.8. The van der Waals surface area contributed by atoms with E-state index in [1.54, 1.807) is 12.1 Å². The number of anilines is 1. The molecule has 1 amide bonds. The van der Waals surface area contributed by atoms with Gasteiger partial charge in [0.2, 0.25) is 5.91 Å². The Morgan fingerprint density at radius 2 is 2.00 bits per heavy atom. The molecule has 1 saturated carbocycles. The highest BCUT2D eigenvalue weighted by Crippen LogP contribution is 2.21. The Morgan fingerprint density at radius 3 is 2.65 bits per heavy atom. The molecule has 0 atom stereocenters. The molecule has 5 nitrogen and oxygen atoms in total. The largest absolute Gasteiger partial charge is 0.478 e. The van der Waals surface area contributed by atoms with Crippen LogP contribution >= 0.6 is 15.9 Å². The molecule has 0 spiro atoms. The van der Waals surface area contributed by atoms with E-state index < -0.39 is 5.97 Å². The summed E-state index contributed by atoms with van der Waals surface area (Å²) in [7, 11) is 0. The fraction of sp³-hybridized carbons (Fsp3) is 0.429. The molecular weight excluding hydrogens is 324 g/mol. The molecule has 1 aromatic carbocycles. The summed E-state index contributed by atoms with van der Waals surface area (Å²) in [5, 5.41) is 14.9. The highest BCUT2D eigenvalue weighted by Gasteiger charge is 2.15. The van der Waals surface area contributed by atoms with Crippen LogP contribution in [0.15, 0.2) is 22.7 Å². The minimum Gasteiger partial charge on any atom is -0.478 e. The van der Waals surface area contributed by atoms with E-state index in [1.165, 1.54) is 18.9 Å². The number of hydrogen-bond acceptors (Lipinski definition) is 3. The van der Waals surface area contributed by atoms with Crippen LogP contribution in [-0.4, -0.2) is 29.6 Å². The number of benzene rings is 1. The first-order valence-corrected chi connectivity index (χ1v) is 7.41. The molecule has 0 radical (unpaired) electrons. The van der Waals surface area contributed by atoms with Gasteiger partial charge in [-0.1, -0.05) is 12.8 Å². The highest BCUT2D eigenvalue weighted by molar-refractivity contribution is 9.10. The Morgan fingerprint density at radius 1 is 1.30 bits per heavy atom. The molecule has 1 aliphatic rings. The van der Waals surface area contributed by atoms with Gasteiger partial charge >= 0.3 is 5.97 Å². The van der Waals surface area contributed by atoms with Crippen LogP contribution in [0.3, 0.4) is 0 Å². The van der Waals surface area contributed by atoms with Gasteiger partial charge in [0, 0.05) is 16.2 Å². The van der Waals surface area contributed by atoms with Crippen molar-refractivity contribution in [2.45, 2.75) is 31.7 Å². The van der Waals surface area contributed by atoms with Crippen molar-refractivity contribution in [2.75, 3.05) is 11.9 Å². The van der Waals surface area contributed by atoms with E-state index in [2.05, 4.69) is 26.6 Å². The maximum absolute atomic E-state index is 11.8. The Bertz CT molecular complexity index is 513. The average Bonchev–Trinajstić information content (AvgIpc) is 2.91. The van der Waals surface area contributed by atoms with Crippen molar-refractivity contribution in [1.82, 2.24) is 5.32 Å². The van der Waals surface area contributed by atoms with Gasteiger partial charge in [-0.3, -0.25) is 4.79 Å². The molecule has 0 heterocycles. The Balaban J connectivity index is 1.90. The first-order valence-electron chi connectivity index (χ1n) is 6.62. The predicted molar refractivity (Wildman–Crippen MR) is 80.0 cm³/mol. The Kier molecular flexibility index (Phi) is 5.14. The second-order valence-electron chi connectivity index (χ2n) is 4.91. The number of carbonyl (C=O) groups is 2. The van der Waals surface area contributed by atoms with Crippen molar-refractivity contribution >= 4 is 33.5 Å². The standard InChI is InChI=1S/C14H17BrN2O3/c15-12-6-5-10(7-11(12)14(19)20)17-13(18)8-16-9-3-1-2-4-9/h5-7,9,16H,1-4,8H2,(H,17,18)(H,19,20). The van der Waals surface area contributed by atoms with Gasteiger partial charge in [-0.15, -0.1) is 0 Å². The summed E-state index contributed by atoms with van der Waals surface area (Å²) in [4.78, 5) is 22.8. The molecule has 0 bridgehead atoms. The molecule has 1 aliphatic carbocycles. The number of aromatic carboxylic acids is 1. The van der Waals surface area contributed by atoms with Crippen molar-refractivity contribution in [3.8, 4) is 0 Å². The number of rotatable bonds is 5. The topological polar surface area (TPSA) is 78.4 Å². The summed E-state index contributed by atoms with van der Waals surface area (Å²) in [5.74, 6) is -1.19. The van der Waals surface area contributed by atoms with Gasteiger partial charge in [-0.2, -0.15) is 0 Å². The molecule has 0 aromatic heterocycles. The first kappa shape index (κ1) is 15.0. The van der Waals surface area contributed by atoms with Crippen LogP contribution in [0.25, 0.3) is 0 Å². The summed E-state index contributed by atoms with van der Waals surface area (Å²) >= 11 is 3.17. The lowest BCUT2D eigenvalue weighted by atomic mass is 10.2. The second kappa shape index (κ2) is 6.85. The van der Waals surface area contributed by atoms with E-state index >= 15 is 0 Å². The van der Waals surface area contributed by atoms with Crippen LogP contribution in [0.2, 0.25) is 0 Å². The highest BCUT2D eigenvalue weighted by atomic mass is 79.9.